The predicted octanol–water partition coefficient (Wildman–Crippen LogP) is 10.4. The molecule has 0 saturated carbocycles. The highest BCUT2D eigenvalue weighted by Crippen LogP contribution is 2.43. The van der Waals surface area contributed by atoms with Crippen LogP contribution in [0.2, 0.25) is 0 Å². The third kappa shape index (κ3) is 34.4. The number of unbranched alkanes of at least 4 members (excludes halogenated alkanes) is 19. The average molecular weight is 702 g/mol. The molecule has 3 N–H and O–H groups in total. The Morgan fingerprint density at radius 3 is 1.60 bits per heavy atom. The average Bonchev–Trinajstić information content (AvgIpc) is 3.07. The van der Waals surface area contributed by atoms with Crippen LogP contribution in [-0.4, -0.2) is 49.3 Å². The minimum atomic E-state index is -4.37. The molecular formula is C38H72NO8P. The quantitative estimate of drug-likeness (QED) is 0.0283. The second kappa shape index (κ2) is 35.3. The lowest BCUT2D eigenvalue weighted by Gasteiger charge is -2.19. The second-order valence-corrected chi connectivity index (χ2v) is 14.3. The van der Waals surface area contributed by atoms with E-state index < -0.39 is 26.5 Å². The molecule has 0 spiro atoms. The SMILES string of the molecule is CCCCCC/C=C\C/C=C\CCCCCCCC(=O)OC(COC(=O)CCCCCCCCCCCCC)COP(=O)(O)OCCN. The molecule has 48 heavy (non-hydrogen) atoms. The van der Waals surface area contributed by atoms with Gasteiger partial charge in [0, 0.05) is 19.4 Å². The van der Waals surface area contributed by atoms with Crippen molar-refractivity contribution in [1.29, 1.82) is 0 Å². The molecule has 0 amide bonds. The minimum Gasteiger partial charge on any atom is -0.462 e. The highest BCUT2D eigenvalue weighted by molar-refractivity contribution is 7.47. The third-order valence-corrected chi connectivity index (χ3v) is 9.07. The van der Waals surface area contributed by atoms with Crippen LogP contribution in [0.1, 0.15) is 174 Å². The van der Waals surface area contributed by atoms with Gasteiger partial charge in [-0.3, -0.25) is 18.6 Å². The first kappa shape index (κ1) is 46.5. The maximum Gasteiger partial charge on any atom is 0.472 e. The summed E-state index contributed by atoms with van der Waals surface area (Å²) in [7, 11) is -4.37. The first-order valence-electron chi connectivity index (χ1n) is 19.3. The molecule has 0 aliphatic carbocycles. The smallest absolute Gasteiger partial charge is 0.462 e. The first-order chi connectivity index (χ1) is 23.3. The largest absolute Gasteiger partial charge is 0.472 e. The van der Waals surface area contributed by atoms with E-state index in [1.807, 2.05) is 0 Å². The third-order valence-electron chi connectivity index (χ3n) is 8.09. The lowest BCUT2D eigenvalue weighted by Crippen LogP contribution is -2.29. The monoisotopic (exact) mass is 701 g/mol. The first-order valence-corrected chi connectivity index (χ1v) is 20.8. The maximum absolute atomic E-state index is 12.5. The van der Waals surface area contributed by atoms with E-state index in [9.17, 15) is 19.0 Å². The van der Waals surface area contributed by atoms with Crippen LogP contribution in [0.25, 0.3) is 0 Å². The number of esters is 2. The molecule has 2 atom stereocenters. The predicted molar refractivity (Wildman–Crippen MR) is 197 cm³/mol. The summed E-state index contributed by atoms with van der Waals surface area (Å²) in [5, 5.41) is 0. The van der Waals surface area contributed by atoms with Crippen LogP contribution >= 0.6 is 7.82 Å². The molecule has 0 fully saturated rings. The van der Waals surface area contributed by atoms with Gasteiger partial charge in [-0.25, -0.2) is 4.57 Å². The molecule has 2 unspecified atom stereocenters. The van der Waals surface area contributed by atoms with Crippen molar-refractivity contribution in [3.63, 3.8) is 0 Å². The Bertz CT molecular complexity index is 851. The van der Waals surface area contributed by atoms with Crippen LogP contribution in [0, 0.1) is 0 Å². The standard InChI is InChI=1S/C38H72NO8P/c1-3-5-7-9-11-13-15-16-17-18-19-21-23-25-27-29-31-38(41)47-36(35-46-48(42,43)45-33-32-39)34-44-37(40)30-28-26-24-22-20-14-12-10-8-6-4-2/h13,15,17-18,36H,3-12,14,16,19-35,39H2,1-2H3,(H,42,43)/b15-13-,18-17-. The molecule has 0 aromatic carbocycles. The maximum atomic E-state index is 12.5. The zero-order chi connectivity index (χ0) is 35.4. The molecule has 0 saturated heterocycles. The number of phosphoric ester groups is 1. The number of carbonyl (C=O) groups is 2. The van der Waals surface area contributed by atoms with Gasteiger partial charge in [-0.1, -0.05) is 141 Å². The van der Waals surface area contributed by atoms with Crippen LogP contribution in [0.5, 0.6) is 0 Å². The number of phosphoric acid groups is 1. The summed E-state index contributed by atoms with van der Waals surface area (Å²) < 4.78 is 32.6. The summed E-state index contributed by atoms with van der Waals surface area (Å²) in [6, 6.07) is 0. The van der Waals surface area contributed by atoms with E-state index in [4.69, 9.17) is 24.3 Å². The Morgan fingerprint density at radius 1 is 0.625 bits per heavy atom. The van der Waals surface area contributed by atoms with E-state index in [1.54, 1.807) is 0 Å². The summed E-state index contributed by atoms with van der Waals surface area (Å²) in [6.07, 6.45) is 34.9. The van der Waals surface area contributed by atoms with Gasteiger partial charge >= 0.3 is 19.8 Å². The molecule has 0 aromatic heterocycles. The number of rotatable bonds is 36. The minimum absolute atomic E-state index is 0.0522. The molecule has 0 rings (SSSR count). The van der Waals surface area contributed by atoms with Gasteiger partial charge in [0.25, 0.3) is 0 Å². The highest BCUT2D eigenvalue weighted by atomic mass is 31.2. The molecule has 0 aliphatic heterocycles. The number of hydrogen-bond donors (Lipinski definition) is 2. The summed E-state index contributed by atoms with van der Waals surface area (Å²) >= 11 is 0. The van der Waals surface area contributed by atoms with Crippen molar-refractivity contribution in [2.45, 2.75) is 180 Å². The summed E-state index contributed by atoms with van der Waals surface area (Å²) in [5.41, 5.74) is 5.33. The molecule has 0 aromatic rings. The number of nitrogens with two attached hydrogens (primary N) is 1. The van der Waals surface area contributed by atoms with Gasteiger partial charge in [-0.2, -0.15) is 0 Å². The fraction of sp³-hybridized carbons (Fsp3) is 0.842. The normalized spacial score (nSPS) is 13.7. The van der Waals surface area contributed by atoms with Crippen LogP contribution in [0.4, 0.5) is 0 Å². The van der Waals surface area contributed by atoms with E-state index in [0.717, 1.165) is 57.8 Å². The van der Waals surface area contributed by atoms with Gasteiger partial charge in [0.15, 0.2) is 6.10 Å². The zero-order valence-corrected chi connectivity index (χ0v) is 31.6. The summed E-state index contributed by atoms with van der Waals surface area (Å²) in [5.74, 6) is -0.843. The second-order valence-electron chi connectivity index (χ2n) is 12.8. The molecule has 0 radical (unpaired) electrons. The molecule has 9 nitrogen and oxygen atoms in total. The van der Waals surface area contributed by atoms with Crippen molar-refractivity contribution in [2.75, 3.05) is 26.4 Å². The molecule has 0 bridgehead atoms. The lowest BCUT2D eigenvalue weighted by atomic mass is 10.1. The van der Waals surface area contributed by atoms with E-state index >= 15 is 0 Å². The van der Waals surface area contributed by atoms with E-state index in [0.29, 0.717) is 6.42 Å². The van der Waals surface area contributed by atoms with E-state index in [1.165, 1.54) is 83.5 Å². The van der Waals surface area contributed by atoms with Crippen LogP contribution in [0.15, 0.2) is 24.3 Å². The number of ether oxygens (including phenoxy) is 2. The fourth-order valence-corrected chi connectivity index (χ4v) is 5.96. The van der Waals surface area contributed by atoms with Crippen molar-refractivity contribution >= 4 is 19.8 Å². The molecule has 10 heteroatoms. The Balaban J connectivity index is 4.23. The van der Waals surface area contributed by atoms with Gasteiger partial charge in [0.05, 0.1) is 13.2 Å². The van der Waals surface area contributed by atoms with E-state index in [2.05, 4.69) is 38.2 Å². The van der Waals surface area contributed by atoms with Gasteiger partial charge < -0.3 is 20.1 Å². The number of carbonyl (C=O) groups excluding carboxylic acids is 2. The molecular weight excluding hydrogens is 629 g/mol. The topological polar surface area (TPSA) is 134 Å². The van der Waals surface area contributed by atoms with Gasteiger partial charge in [0.2, 0.25) is 0 Å². The summed E-state index contributed by atoms with van der Waals surface area (Å²) in [6.45, 7) is 3.68. The fourth-order valence-electron chi connectivity index (χ4n) is 5.19. The van der Waals surface area contributed by atoms with Crippen LogP contribution < -0.4 is 5.73 Å². The van der Waals surface area contributed by atoms with Gasteiger partial charge in [0.1, 0.15) is 6.61 Å². The van der Waals surface area contributed by atoms with E-state index in [-0.39, 0.29) is 38.6 Å². The van der Waals surface area contributed by atoms with Crippen LogP contribution in [0.3, 0.4) is 0 Å². The Labute approximate surface area is 293 Å². The molecule has 0 heterocycles. The zero-order valence-electron chi connectivity index (χ0n) is 30.7. The molecule has 282 valence electrons. The lowest BCUT2D eigenvalue weighted by molar-refractivity contribution is -0.161. The van der Waals surface area contributed by atoms with Crippen molar-refractivity contribution in [3.8, 4) is 0 Å². The summed E-state index contributed by atoms with van der Waals surface area (Å²) in [4.78, 5) is 34.7. The Kier molecular flexibility index (Phi) is 34.2. The van der Waals surface area contributed by atoms with Gasteiger partial charge in [-0.15, -0.1) is 0 Å². The number of allylic oxidation sites excluding steroid dienone is 4. The Morgan fingerprint density at radius 2 is 1.08 bits per heavy atom. The number of hydrogen-bond acceptors (Lipinski definition) is 8. The van der Waals surface area contributed by atoms with Crippen LogP contribution in [-0.2, 0) is 32.7 Å². The molecule has 0 aliphatic rings. The van der Waals surface area contributed by atoms with Crippen molar-refractivity contribution in [1.82, 2.24) is 0 Å². The highest BCUT2D eigenvalue weighted by Gasteiger charge is 2.25. The van der Waals surface area contributed by atoms with Crippen molar-refractivity contribution in [3.05, 3.63) is 24.3 Å². The van der Waals surface area contributed by atoms with Gasteiger partial charge in [-0.05, 0) is 44.9 Å². The van der Waals surface area contributed by atoms with Crippen molar-refractivity contribution < 1.29 is 37.6 Å². The van der Waals surface area contributed by atoms with Crippen molar-refractivity contribution in [2.24, 2.45) is 5.73 Å². The Hall–Kier alpha value is -1.51.